The van der Waals surface area contributed by atoms with Crippen LogP contribution in [-0.2, 0) is 5.41 Å². The highest BCUT2D eigenvalue weighted by molar-refractivity contribution is 7.98. The number of carbonyl (C=O) groups excluding carboxylic acids is 1. The topological polar surface area (TPSA) is 58.6 Å². The molecular weight excluding hydrogens is 442 g/mol. The number of rotatable bonds is 11. The van der Waals surface area contributed by atoms with Gasteiger partial charge in [-0.1, -0.05) is 58.9 Å². The highest BCUT2D eigenvalue weighted by Gasteiger charge is 2.32. The van der Waals surface area contributed by atoms with Crippen LogP contribution in [0.15, 0.2) is 36.4 Å². The highest BCUT2D eigenvalue weighted by Crippen LogP contribution is 2.41. The van der Waals surface area contributed by atoms with Crippen molar-refractivity contribution in [3.63, 3.8) is 0 Å². The Morgan fingerprint density at radius 3 is 2.12 bits per heavy atom. The molecule has 2 aromatic carbocycles. The van der Waals surface area contributed by atoms with E-state index in [1.807, 2.05) is 46.1 Å². The molecule has 0 saturated carbocycles. The van der Waals surface area contributed by atoms with Crippen LogP contribution in [-0.4, -0.2) is 42.3 Å². The van der Waals surface area contributed by atoms with Crippen molar-refractivity contribution in [2.45, 2.75) is 72.8 Å². The minimum atomic E-state index is -0.531. The van der Waals surface area contributed by atoms with Crippen molar-refractivity contribution in [3.8, 4) is 5.75 Å². The Morgan fingerprint density at radius 2 is 1.62 bits per heavy atom. The molecule has 1 atom stereocenters. The largest absolute Gasteiger partial charge is 0.491 e. The molecule has 2 N–H and O–H groups in total. The van der Waals surface area contributed by atoms with E-state index in [1.54, 1.807) is 11.8 Å². The van der Waals surface area contributed by atoms with E-state index in [2.05, 4.69) is 50.4 Å². The Kier molecular flexibility index (Phi) is 10.1. The summed E-state index contributed by atoms with van der Waals surface area (Å²) in [7, 11) is 0. The molecule has 0 aliphatic carbocycles. The van der Waals surface area contributed by atoms with E-state index in [-0.39, 0.29) is 23.3 Å². The number of hydrogen-bond donors (Lipinski definition) is 2. The normalized spacial score (nSPS) is 13.0. The van der Waals surface area contributed by atoms with Crippen molar-refractivity contribution >= 4 is 17.7 Å². The number of carbonyl (C=O) groups is 1. The lowest BCUT2D eigenvalue weighted by Gasteiger charge is -2.34. The van der Waals surface area contributed by atoms with Crippen LogP contribution in [0, 0.1) is 19.3 Å². The molecule has 1 unspecified atom stereocenters. The number of hydrogen-bond acceptors (Lipinski definition) is 4. The average molecular weight is 486 g/mol. The maximum atomic E-state index is 12.6. The van der Waals surface area contributed by atoms with Gasteiger partial charge in [-0.2, -0.15) is 11.8 Å². The molecule has 34 heavy (non-hydrogen) atoms. The summed E-state index contributed by atoms with van der Waals surface area (Å²) >= 11 is 1.72. The third-order valence-corrected chi connectivity index (χ3v) is 7.56. The quantitative estimate of drug-likeness (QED) is 0.367. The molecule has 0 aliphatic rings. The van der Waals surface area contributed by atoms with Gasteiger partial charge in [-0.25, -0.2) is 0 Å². The van der Waals surface area contributed by atoms with E-state index in [9.17, 15) is 9.90 Å². The van der Waals surface area contributed by atoms with Crippen LogP contribution < -0.4 is 10.1 Å². The van der Waals surface area contributed by atoms with E-state index in [1.165, 1.54) is 11.1 Å². The Hall–Kier alpha value is -1.98. The molecule has 0 bridgehead atoms. The fraction of sp³-hybridized carbons (Fsp3) is 0.552. The molecule has 0 saturated heterocycles. The van der Waals surface area contributed by atoms with Crippen LogP contribution in [0.5, 0.6) is 5.75 Å². The molecule has 2 rings (SSSR count). The van der Waals surface area contributed by atoms with Gasteiger partial charge in [0.05, 0.1) is 6.10 Å². The Bertz CT molecular complexity index is 960. The molecular formula is C29H43NO3S. The molecule has 2 aromatic rings. The predicted molar refractivity (Wildman–Crippen MR) is 145 cm³/mol. The lowest BCUT2D eigenvalue weighted by atomic mass is 9.70. The summed E-state index contributed by atoms with van der Waals surface area (Å²) in [4.78, 5) is 12.6. The molecule has 0 radical (unpaired) electrons. The van der Waals surface area contributed by atoms with Crippen molar-refractivity contribution in [2.24, 2.45) is 5.41 Å². The number of aliphatic hydroxyl groups excluding tert-OH is 1. The fourth-order valence-electron chi connectivity index (χ4n) is 4.34. The van der Waals surface area contributed by atoms with Crippen LogP contribution in [0.2, 0.25) is 0 Å². The zero-order valence-corrected chi connectivity index (χ0v) is 23.1. The van der Waals surface area contributed by atoms with Crippen molar-refractivity contribution in [3.05, 3.63) is 64.2 Å². The number of aliphatic hydroxyl groups is 1. The zero-order valence-electron chi connectivity index (χ0n) is 22.2. The van der Waals surface area contributed by atoms with Gasteiger partial charge in [0.15, 0.2) is 0 Å². The van der Waals surface area contributed by atoms with Gasteiger partial charge in [0.1, 0.15) is 12.4 Å². The second-order valence-electron chi connectivity index (χ2n) is 10.2. The molecule has 0 aromatic heterocycles. The highest BCUT2D eigenvalue weighted by atomic mass is 32.2. The third-order valence-electron chi connectivity index (χ3n) is 6.95. The van der Waals surface area contributed by atoms with Crippen LogP contribution in [0.1, 0.15) is 80.1 Å². The monoisotopic (exact) mass is 485 g/mol. The number of nitrogens with one attached hydrogen (secondary N) is 1. The van der Waals surface area contributed by atoms with Gasteiger partial charge in [-0.3, -0.25) is 4.79 Å². The summed E-state index contributed by atoms with van der Waals surface area (Å²) in [5.74, 6) is 1.71. The Balaban J connectivity index is 2.33. The number of ether oxygens (including phenoxy) is 1. The van der Waals surface area contributed by atoms with Gasteiger partial charge in [-0.15, -0.1) is 0 Å². The number of aryl methyl sites for hydroxylation is 2. The molecule has 1 amide bonds. The number of amides is 1. The maximum absolute atomic E-state index is 12.6. The summed E-state index contributed by atoms with van der Waals surface area (Å²) in [5, 5.41) is 13.3. The Labute approximate surface area is 210 Å². The summed E-state index contributed by atoms with van der Waals surface area (Å²) in [6.45, 7) is 15.5. The summed E-state index contributed by atoms with van der Waals surface area (Å²) in [5.41, 5.74) is 4.91. The lowest BCUT2D eigenvalue weighted by molar-refractivity contribution is 0.0216. The van der Waals surface area contributed by atoms with E-state index in [0.717, 1.165) is 41.0 Å². The second kappa shape index (κ2) is 12.1. The van der Waals surface area contributed by atoms with Crippen LogP contribution in [0.25, 0.3) is 0 Å². The summed E-state index contributed by atoms with van der Waals surface area (Å²) < 4.78 is 5.97. The lowest BCUT2D eigenvalue weighted by Crippen LogP contribution is -2.32. The molecule has 188 valence electrons. The second-order valence-corrected chi connectivity index (χ2v) is 11.2. The van der Waals surface area contributed by atoms with Gasteiger partial charge in [0, 0.05) is 23.3 Å². The minimum Gasteiger partial charge on any atom is -0.491 e. The van der Waals surface area contributed by atoms with Crippen LogP contribution >= 0.6 is 11.8 Å². The van der Waals surface area contributed by atoms with Crippen molar-refractivity contribution in [1.82, 2.24) is 5.32 Å². The first-order valence-electron chi connectivity index (χ1n) is 12.3. The maximum Gasteiger partial charge on any atom is 0.251 e. The van der Waals surface area contributed by atoms with Gasteiger partial charge in [-0.05, 0) is 72.7 Å². The first kappa shape index (κ1) is 28.3. The van der Waals surface area contributed by atoms with Gasteiger partial charge in [0.25, 0.3) is 5.91 Å². The molecule has 0 heterocycles. The van der Waals surface area contributed by atoms with Gasteiger partial charge in [0.2, 0.25) is 0 Å². The average Bonchev–Trinajstić information content (AvgIpc) is 2.79. The Morgan fingerprint density at radius 1 is 1.03 bits per heavy atom. The summed E-state index contributed by atoms with van der Waals surface area (Å²) in [6.07, 6.45) is 3.41. The molecule has 0 fully saturated rings. The van der Waals surface area contributed by atoms with Gasteiger partial charge >= 0.3 is 0 Å². The standard InChI is InChI=1S/C29H43NO3S/c1-9-29(10-2,22-11-13-24(20(3)17-22)27(32)30-15-16-34-8)23-12-14-25(21(4)18-23)33-19-26(31)28(5,6)7/h11-14,17-18,26,31H,9-10,15-16,19H2,1-8H3,(H,30,32). The van der Waals surface area contributed by atoms with Crippen LogP contribution in [0.4, 0.5) is 0 Å². The van der Waals surface area contributed by atoms with Crippen LogP contribution in [0.3, 0.4) is 0 Å². The fourth-order valence-corrected chi connectivity index (χ4v) is 4.65. The van der Waals surface area contributed by atoms with E-state index in [4.69, 9.17) is 4.74 Å². The van der Waals surface area contributed by atoms with Crippen molar-refractivity contribution in [1.29, 1.82) is 0 Å². The zero-order chi connectivity index (χ0) is 25.5. The van der Waals surface area contributed by atoms with E-state index < -0.39 is 6.10 Å². The number of thioether (sulfide) groups is 1. The van der Waals surface area contributed by atoms with Gasteiger partial charge < -0.3 is 15.2 Å². The molecule has 0 aliphatic heterocycles. The van der Waals surface area contributed by atoms with E-state index in [0.29, 0.717) is 6.54 Å². The first-order chi connectivity index (χ1) is 16.0. The first-order valence-corrected chi connectivity index (χ1v) is 13.7. The smallest absolute Gasteiger partial charge is 0.251 e. The van der Waals surface area contributed by atoms with E-state index >= 15 is 0 Å². The number of benzene rings is 2. The van der Waals surface area contributed by atoms with Crippen molar-refractivity contribution < 1.29 is 14.6 Å². The third kappa shape index (κ3) is 6.57. The molecule has 4 nitrogen and oxygen atoms in total. The molecule has 5 heteroatoms. The van der Waals surface area contributed by atoms with Crippen molar-refractivity contribution in [2.75, 3.05) is 25.2 Å². The summed E-state index contributed by atoms with van der Waals surface area (Å²) in [6, 6.07) is 12.7. The minimum absolute atomic E-state index is 0.00788. The predicted octanol–water partition coefficient (Wildman–Crippen LogP) is 6.29. The SMILES string of the molecule is CCC(CC)(c1ccc(OCC(O)C(C)(C)C)c(C)c1)c1ccc(C(=O)NCCSC)c(C)c1. The molecule has 0 spiro atoms.